The second-order valence-electron chi connectivity index (χ2n) is 4.65. The van der Waals surface area contributed by atoms with Crippen LogP contribution in [0.4, 0.5) is 11.8 Å². The lowest BCUT2D eigenvalue weighted by molar-refractivity contribution is 0.187. The smallest absolute Gasteiger partial charge is 0.225 e. The molecule has 102 valence electrons. The predicted octanol–water partition coefficient (Wildman–Crippen LogP) is 1.16. The molecule has 0 radical (unpaired) electrons. The largest absolute Gasteiger partial charge is 0.382 e. The number of ether oxygens (including phenoxy) is 1. The topological polar surface area (TPSA) is 90.9 Å². The van der Waals surface area contributed by atoms with Crippen LogP contribution in [-0.2, 0) is 11.8 Å². The van der Waals surface area contributed by atoms with E-state index >= 15 is 0 Å². The Morgan fingerprint density at radius 2 is 2.37 bits per heavy atom. The van der Waals surface area contributed by atoms with E-state index in [0.717, 1.165) is 37.2 Å². The van der Waals surface area contributed by atoms with Crippen LogP contribution >= 0.6 is 15.9 Å². The third-order valence-electron chi connectivity index (χ3n) is 3.24. The Morgan fingerprint density at radius 3 is 3.11 bits per heavy atom. The van der Waals surface area contributed by atoms with Gasteiger partial charge in [0, 0.05) is 26.1 Å². The first-order valence-electron chi connectivity index (χ1n) is 6.12. The average Bonchev–Trinajstić information content (AvgIpc) is 2.96. The number of anilines is 2. The van der Waals surface area contributed by atoms with Gasteiger partial charge in [-0.3, -0.25) is 4.68 Å². The molecular weight excluding hydrogens is 312 g/mol. The van der Waals surface area contributed by atoms with E-state index in [1.807, 2.05) is 7.05 Å². The number of aryl methyl sites for hydroxylation is 1. The average molecular weight is 327 g/mol. The van der Waals surface area contributed by atoms with Gasteiger partial charge in [0.05, 0.1) is 6.61 Å². The van der Waals surface area contributed by atoms with Gasteiger partial charge in [0.25, 0.3) is 0 Å². The molecule has 3 N–H and O–H groups in total. The molecule has 2 aromatic heterocycles. The van der Waals surface area contributed by atoms with Gasteiger partial charge in [0.2, 0.25) is 5.95 Å². The van der Waals surface area contributed by atoms with Gasteiger partial charge in [-0.05, 0) is 22.4 Å². The molecule has 1 saturated heterocycles. The monoisotopic (exact) mass is 326 g/mol. The minimum absolute atomic E-state index is 0.427. The summed E-state index contributed by atoms with van der Waals surface area (Å²) >= 11 is 3.38. The molecule has 0 bridgehead atoms. The first kappa shape index (κ1) is 12.6. The van der Waals surface area contributed by atoms with E-state index in [1.54, 1.807) is 4.68 Å². The Bertz CT molecular complexity index is 607. The molecule has 1 aliphatic rings. The number of rotatable bonds is 3. The highest BCUT2D eigenvalue weighted by Crippen LogP contribution is 2.25. The van der Waals surface area contributed by atoms with Gasteiger partial charge in [0.15, 0.2) is 10.4 Å². The summed E-state index contributed by atoms with van der Waals surface area (Å²) in [5, 5.41) is 7.45. The predicted molar refractivity (Wildman–Crippen MR) is 75.8 cm³/mol. The third kappa shape index (κ3) is 2.37. The van der Waals surface area contributed by atoms with Crippen molar-refractivity contribution in [1.82, 2.24) is 19.7 Å². The normalized spacial score (nSPS) is 19.2. The molecule has 0 aromatic carbocycles. The van der Waals surface area contributed by atoms with Crippen LogP contribution < -0.4 is 11.1 Å². The Morgan fingerprint density at radius 1 is 1.53 bits per heavy atom. The number of nitrogens with zero attached hydrogens (tertiary/aromatic N) is 4. The summed E-state index contributed by atoms with van der Waals surface area (Å²) in [6, 6.07) is 0. The van der Waals surface area contributed by atoms with E-state index in [1.165, 1.54) is 0 Å². The highest BCUT2D eigenvalue weighted by atomic mass is 79.9. The number of hydrogen-bond donors (Lipinski definition) is 2. The second-order valence-corrected chi connectivity index (χ2v) is 5.41. The number of fused-ring (bicyclic) bond motifs is 1. The molecule has 1 fully saturated rings. The van der Waals surface area contributed by atoms with Crippen molar-refractivity contribution in [2.45, 2.75) is 6.42 Å². The Balaban J connectivity index is 1.85. The van der Waals surface area contributed by atoms with E-state index in [2.05, 4.69) is 36.3 Å². The molecule has 1 aliphatic heterocycles. The minimum Gasteiger partial charge on any atom is -0.382 e. The van der Waals surface area contributed by atoms with Gasteiger partial charge >= 0.3 is 0 Å². The fourth-order valence-corrected chi connectivity index (χ4v) is 2.74. The van der Waals surface area contributed by atoms with Gasteiger partial charge in [-0.1, -0.05) is 0 Å². The van der Waals surface area contributed by atoms with Gasteiger partial charge in [0.1, 0.15) is 11.0 Å². The fraction of sp³-hybridized carbons (Fsp3) is 0.545. The van der Waals surface area contributed by atoms with Crippen molar-refractivity contribution in [3.05, 3.63) is 4.60 Å². The van der Waals surface area contributed by atoms with E-state index < -0.39 is 0 Å². The summed E-state index contributed by atoms with van der Waals surface area (Å²) in [5.41, 5.74) is 7.42. The van der Waals surface area contributed by atoms with E-state index in [0.29, 0.717) is 22.3 Å². The summed E-state index contributed by atoms with van der Waals surface area (Å²) in [7, 11) is 1.82. The van der Waals surface area contributed by atoms with Gasteiger partial charge in [-0.2, -0.15) is 10.1 Å². The first-order valence-corrected chi connectivity index (χ1v) is 6.92. The Hall–Kier alpha value is -1.41. The number of aromatic nitrogens is 4. The quantitative estimate of drug-likeness (QED) is 0.879. The highest BCUT2D eigenvalue weighted by Gasteiger charge is 2.17. The van der Waals surface area contributed by atoms with Crippen LogP contribution in [0.2, 0.25) is 0 Å². The van der Waals surface area contributed by atoms with Gasteiger partial charge in [-0.15, -0.1) is 0 Å². The maximum atomic E-state index is 5.96. The van der Waals surface area contributed by atoms with Crippen LogP contribution in [0.5, 0.6) is 0 Å². The van der Waals surface area contributed by atoms with Crippen molar-refractivity contribution in [3.63, 3.8) is 0 Å². The second kappa shape index (κ2) is 4.93. The van der Waals surface area contributed by atoms with Crippen molar-refractivity contribution < 1.29 is 4.74 Å². The maximum absolute atomic E-state index is 5.96. The van der Waals surface area contributed by atoms with Crippen molar-refractivity contribution in [2.75, 3.05) is 30.8 Å². The van der Waals surface area contributed by atoms with Crippen LogP contribution in [0.3, 0.4) is 0 Å². The zero-order valence-corrected chi connectivity index (χ0v) is 12.1. The highest BCUT2D eigenvalue weighted by molar-refractivity contribution is 9.10. The fourth-order valence-electron chi connectivity index (χ4n) is 2.22. The van der Waals surface area contributed by atoms with Crippen molar-refractivity contribution in [1.29, 1.82) is 0 Å². The SMILES string of the molecule is Cn1nc(Br)c2nc(NCC3CCOC3)nc(N)c21. The standard InChI is InChI=1S/C11H15BrN6O/c1-18-8-7(9(12)17-18)15-11(16-10(8)13)14-4-6-2-3-19-5-6/h6H,2-5H2,1H3,(H3,13,14,15,16). The summed E-state index contributed by atoms with van der Waals surface area (Å²) < 4.78 is 7.68. The molecular formula is C11H15BrN6O. The van der Waals surface area contributed by atoms with Gasteiger partial charge in [-0.25, -0.2) is 4.98 Å². The van der Waals surface area contributed by atoms with Crippen LogP contribution in [0.25, 0.3) is 11.0 Å². The molecule has 19 heavy (non-hydrogen) atoms. The zero-order valence-electron chi connectivity index (χ0n) is 10.6. The Kier molecular flexibility index (Phi) is 3.28. The van der Waals surface area contributed by atoms with Crippen molar-refractivity contribution in [2.24, 2.45) is 13.0 Å². The number of hydrogen-bond acceptors (Lipinski definition) is 6. The number of nitrogen functional groups attached to an aromatic ring is 1. The molecule has 3 rings (SSSR count). The molecule has 7 nitrogen and oxygen atoms in total. The molecule has 2 aromatic rings. The third-order valence-corrected chi connectivity index (χ3v) is 3.77. The molecule has 8 heteroatoms. The molecule has 0 amide bonds. The minimum atomic E-state index is 0.427. The molecule has 0 aliphatic carbocycles. The summed E-state index contributed by atoms with van der Waals surface area (Å²) in [4.78, 5) is 8.71. The lowest BCUT2D eigenvalue weighted by Gasteiger charge is -2.10. The Labute approximate surface area is 118 Å². The maximum Gasteiger partial charge on any atom is 0.225 e. The molecule has 0 saturated carbocycles. The van der Waals surface area contributed by atoms with Crippen LogP contribution in [-0.4, -0.2) is 39.5 Å². The first-order chi connectivity index (χ1) is 9.15. The van der Waals surface area contributed by atoms with E-state index in [-0.39, 0.29) is 0 Å². The number of nitrogens with one attached hydrogen (secondary N) is 1. The van der Waals surface area contributed by atoms with Crippen LogP contribution in [0.1, 0.15) is 6.42 Å². The lowest BCUT2D eigenvalue weighted by atomic mass is 10.1. The van der Waals surface area contributed by atoms with Crippen LogP contribution in [0.15, 0.2) is 4.60 Å². The summed E-state index contributed by atoms with van der Waals surface area (Å²) in [6.07, 6.45) is 1.07. The molecule has 1 atom stereocenters. The molecule has 1 unspecified atom stereocenters. The summed E-state index contributed by atoms with van der Waals surface area (Å²) in [5.74, 6) is 1.47. The lowest BCUT2D eigenvalue weighted by Crippen LogP contribution is -2.16. The van der Waals surface area contributed by atoms with Gasteiger partial charge < -0.3 is 15.8 Å². The van der Waals surface area contributed by atoms with Crippen LogP contribution in [0, 0.1) is 5.92 Å². The zero-order chi connectivity index (χ0) is 13.4. The van der Waals surface area contributed by atoms with Crippen molar-refractivity contribution >= 4 is 38.7 Å². The molecule has 0 spiro atoms. The number of nitrogens with two attached hydrogens (primary N) is 1. The summed E-state index contributed by atoms with van der Waals surface area (Å²) in [6.45, 7) is 2.42. The number of halogens is 1. The molecule has 3 heterocycles. The van der Waals surface area contributed by atoms with E-state index in [4.69, 9.17) is 10.5 Å². The van der Waals surface area contributed by atoms with E-state index in [9.17, 15) is 0 Å². The van der Waals surface area contributed by atoms with Crippen molar-refractivity contribution in [3.8, 4) is 0 Å².